The minimum atomic E-state index is -3.65. The van der Waals surface area contributed by atoms with Crippen LogP contribution in [0.2, 0.25) is 0 Å². The summed E-state index contributed by atoms with van der Waals surface area (Å²) in [5.74, 6) is -0.925. The number of rotatable bonds is 3. The minimum Gasteiger partial charge on any atom is -0.324 e. The number of benzene rings is 1. The third kappa shape index (κ3) is 3.24. The van der Waals surface area contributed by atoms with E-state index in [1.165, 1.54) is 4.90 Å². The first-order valence-electron chi connectivity index (χ1n) is 6.63. The molecule has 1 aromatic carbocycles. The second-order valence-corrected chi connectivity index (χ2v) is 7.15. The summed E-state index contributed by atoms with van der Waals surface area (Å²) in [6.07, 6.45) is 2.02. The topological polar surface area (TPSA) is 83.6 Å². The molecule has 21 heavy (non-hydrogen) atoms. The molecule has 1 aliphatic rings. The molecule has 114 valence electrons. The van der Waals surface area contributed by atoms with Gasteiger partial charge in [-0.25, -0.2) is 8.42 Å². The van der Waals surface area contributed by atoms with Gasteiger partial charge in [0, 0.05) is 12.1 Å². The Hall–Kier alpha value is -1.89. The molecule has 1 fully saturated rings. The Balaban J connectivity index is 2.27. The highest BCUT2D eigenvalue weighted by Gasteiger charge is 2.46. The van der Waals surface area contributed by atoms with E-state index in [0.717, 1.165) is 6.26 Å². The van der Waals surface area contributed by atoms with Crippen molar-refractivity contribution >= 4 is 21.8 Å². The summed E-state index contributed by atoms with van der Waals surface area (Å²) in [6, 6.07) is 8.65. The summed E-state index contributed by atoms with van der Waals surface area (Å²) in [7, 11) is -3.65. The number of carbonyl (C=O) groups is 2. The van der Waals surface area contributed by atoms with Crippen LogP contribution in [0.5, 0.6) is 0 Å². The highest BCUT2D eigenvalue weighted by Crippen LogP contribution is 2.31. The zero-order valence-corrected chi connectivity index (χ0v) is 12.8. The Morgan fingerprint density at radius 3 is 2.43 bits per heavy atom. The number of nitrogens with zero attached hydrogens (tertiary/aromatic N) is 1. The van der Waals surface area contributed by atoms with E-state index in [2.05, 4.69) is 0 Å². The van der Waals surface area contributed by atoms with Crippen LogP contribution in [-0.2, 0) is 14.8 Å². The van der Waals surface area contributed by atoms with Gasteiger partial charge in [-0.1, -0.05) is 18.2 Å². The highest BCUT2D eigenvalue weighted by molar-refractivity contribution is 7.89. The molecule has 2 rings (SSSR count). The van der Waals surface area contributed by atoms with E-state index < -0.39 is 21.5 Å². The molecule has 1 saturated heterocycles. The van der Waals surface area contributed by atoms with Crippen molar-refractivity contribution in [2.24, 2.45) is 0 Å². The van der Waals surface area contributed by atoms with Crippen molar-refractivity contribution in [3.63, 3.8) is 0 Å². The van der Waals surface area contributed by atoms with Crippen LogP contribution in [0, 0.1) is 0 Å². The molecule has 7 heteroatoms. The van der Waals surface area contributed by atoms with Crippen LogP contribution >= 0.6 is 0 Å². The fourth-order valence-corrected chi connectivity index (χ4v) is 3.10. The van der Waals surface area contributed by atoms with Crippen molar-refractivity contribution in [2.45, 2.75) is 25.3 Å². The molecule has 6 nitrogen and oxygen atoms in total. The third-order valence-electron chi connectivity index (χ3n) is 3.67. The van der Waals surface area contributed by atoms with E-state index in [1.54, 1.807) is 37.3 Å². The van der Waals surface area contributed by atoms with Crippen LogP contribution in [-0.4, -0.2) is 43.5 Å². The molecule has 1 aliphatic heterocycles. The largest absolute Gasteiger partial charge is 0.324 e. The Morgan fingerprint density at radius 1 is 1.24 bits per heavy atom. The van der Waals surface area contributed by atoms with Crippen molar-refractivity contribution in [1.82, 2.24) is 9.62 Å². The maximum Gasteiger partial charge on any atom is 0.259 e. The first-order valence-corrected chi connectivity index (χ1v) is 8.52. The van der Waals surface area contributed by atoms with Gasteiger partial charge < -0.3 is 4.90 Å². The zero-order chi connectivity index (χ0) is 15.7. The molecule has 0 spiro atoms. The molecule has 1 atom stereocenters. The molecule has 0 aromatic heterocycles. The van der Waals surface area contributed by atoms with Gasteiger partial charge in [0.1, 0.15) is 5.54 Å². The predicted octanol–water partition coefficient (Wildman–Crippen LogP) is 0.757. The molecule has 0 radical (unpaired) electrons. The fraction of sp³-hybridized carbons (Fsp3) is 0.429. The summed E-state index contributed by atoms with van der Waals surface area (Å²) < 4.78 is 24.5. The molecule has 2 amide bonds. The van der Waals surface area contributed by atoms with Gasteiger partial charge in [-0.2, -0.15) is 0 Å². The van der Waals surface area contributed by atoms with E-state index in [9.17, 15) is 18.0 Å². The van der Waals surface area contributed by atoms with Gasteiger partial charge in [0.15, 0.2) is 0 Å². The number of likely N-dealkylation sites (tertiary alicyclic amines) is 1. The van der Waals surface area contributed by atoms with Gasteiger partial charge >= 0.3 is 0 Å². The average molecular weight is 310 g/mol. The number of hydrogen-bond donors (Lipinski definition) is 1. The van der Waals surface area contributed by atoms with Gasteiger partial charge in [0.25, 0.3) is 11.8 Å². The Bertz CT molecular complexity index is 657. The Labute approximate surface area is 124 Å². The van der Waals surface area contributed by atoms with Gasteiger partial charge in [0.05, 0.1) is 6.26 Å². The Kier molecular flexibility index (Phi) is 4.04. The lowest BCUT2D eigenvalue weighted by Crippen LogP contribution is -2.56. The lowest BCUT2D eigenvalue weighted by molar-refractivity contribution is -0.127. The summed E-state index contributed by atoms with van der Waals surface area (Å²) in [4.78, 5) is 26.2. The third-order valence-corrected chi connectivity index (χ3v) is 4.23. The lowest BCUT2D eigenvalue weighted by atomic mass is 9.97. The van der Waals surface area contributed by atoms with Gasteiger partial charge in [-0.15, -0.1) is 0 Å². The Morgan fingerprint density at radius 2 is 1.86 bits per heavy atom. The van der Waals surface area contributed by atoms with Crippen LogP contribution in [0.4, 0.5) is 0 Å². The standard InChI is InChI=1S/C14H18N2O4S/c1-14(13(18)15-21(2,19)20)9-6-10-16(14)12(17)11-7-4-3-5-8-11/h3-5,7-8H,6,9-10H2,1-2H3,(H,15,18). The van der Waals surface area contributed by atoms with E-state index >= 15 is 0 Å². The van der Waals surface area contributed by atoms with E-state index in [-0.39, 0.29) is 5.91 Å². The van der Waals surface area contributed by atoms with E-state index in [0.29, 0.717) is 24.9 Å². The fourth-order valence-electron chi connectivity index (χ4n) is 2.54. The lowest BCUT2D eigenvalue weighted by Gasteiger charge is -2.33. The van der Waals surface area contributed by atoms with Crippen LogP contribution in [0.15, 0.2) is 30.3 Å². The zero-order valence-electron chi connectivity index (χ0n) is 12.0. The van der Waals surface area contributed by atoms with Crippen LogP contribution in [0.1, 0.15) is 30.1 Å². The van der Waals surface area contributed by atoms with Crippen molar-refractivity contribution in [1.29, 1.82) is 0 Å². The second kappa shape index (κ2) is 5.48. The monoisotopic (exact) mass is 310 g/mol. The number of carbonyl (C=O) groups excluding carboxylic acids is 2. The van der Waals surface area contributed by atoms with Crippen molar-refractivity contribution in [3.05, 3.63) is 35.9 Å². The maximum atomic E-state index is 12.5. The molecular weight excluding hydrogens is 292 g/mol. The molecule has 0 aliphatic carbocycles. The predicted molar refractivity (Wildman–Crippen MR) is 78.1 cm³/mol. The number of sulfonamides is 1. The van der Waals surface area contributed by atoms with Crippen LogP contribution < -0.4 is 4.72 Å². The van der Waals surface area contributed by atoms with Crippen molar-refractivity contribution in [2.75, 3.05) is 12.8 Å². The quantitative estimate of drug-likeness (QED) is 0.893. The number of amides is 2. The second-order valence-electron chi connectivity index (χ2n) is 5.40. The maximum absolute atomic E-state index is 12.5. The first-order chi connectivity index (χ1) is 9.74. The summed E-state index contributed by atoms with van der Waals surface area (Å²) in [5, 5.41) is 0. The molecule has 1 aromatic rings. The summed E-state index contributed by atoms with van der Waals surface area (Å²) >= 11 is 0. The minimum absolute atomic E-state index is 0.265. The molecule has 1 heterocycles. The molecule has 1 unspecified atom stereocenters. The van der Waals surface area contributed by atoms with Gasteiger partial charge in [-0.05, 0) is 31.9 Å². The van der Waals surface area contributed by atoms with Crippen molar-refractivity contribution < 1.29 is 18.0 Å². The SMILES string of the molecule is CC1(C(=O)NS(C)(=O)=O)CCCN1C(=O)c1ccccc1. The normalized spacial score (nSPS) is 22.1. The van der Waals surface area contributed by atoms with Crippen LogP contribution in [0.25, 0.3) is 0 Å². The molecule has 0 saturated carbocycles. The average Bonchev–Trinajstić information content (AvgIpc) is 2.80. The highest BCUT2D eigenvalue weighted by atomic mass is 32.2. The smallest absolute Gasteiger partial charge is 0.259 e. The number of nitrogens with one attached hydrogen (secondary N) is 1. The van der Waals surface area contributed by atoms with E-state index in [1.807, 2.05) is 4.72 Å². The van der Waals surface area contributed by atoms with Crippen LogP contribution in [0.3, 0.4) is 0 Å². The summed E-state index contributed by atoms with van der Waals surface area (Å²) in [6.45, 7) is 2.03. The molecule has 0 bridgehead atoms. The van der Waals surface area contributed by atoms with Crippen molar-refractivity contribution in [3.8, 4) is 0 Å². The first kappa shape index (κ1) is 15.5. The number of hydrogen-bond acceptors (Lipinski definition) is 4. The van der Waals surface area contributed by atoms with Gasteiger partial charge in [-0.3, -0.25) is 14.3 Å². The molecule has 1 N–H and O–H groups in total. The van der Waals surface area contributed by atoms with E-state index in [4.69, 9.17) is 0 Å². The summed E-state index contributed by atoms with van der Waals surface area (Å²) in [5.41, 5.74) is -0.659. The molecular formula is C14H18N2O4S. The van der Waals surface area contributed by atoms with Gasteiger partial charge in [0.2, 0.25) is 10.0 Å².